The minimum Gasteiger partial charge on any atom is -0.388 e. The van der Waals surface area contributed by atoms with Crippen molar-refractivity contribution in [1.82, 2.24) is 0 Å². The van der Waals surface area contributed by atoms with Crippen LogP contribution < -0.4 is 5.32 Å². The maximum absolute atomic E-state index is 6.04. The largest absolute Gasteiger partial charge is 0.388 e. The Labute approximate surface area is 144 Å². The molecule has 0 saturated carbocycles. The summed E-state index contributed by atoms with van der Waals surface area (Å²) in [6.45, 7) is 5.25. The molecule has 0 aliphatic carbocycles. The standard InChI is InChI=1S/C18H23ClNO2P/c1-4-21-23(22-5-2)18(14-6-10-16(19)11-7-14)15-8-12-17(20-3)13-9-15/h6-13,18,20H,4-5H2,1-3H3. The lowest BCUT2D eigenvalue weighted by Crippen LogP contribution is -2.05. The zero-order valence-corrected chi connectivity index (χ0v) is 15.4. The number of anilines is 1. The second-order valence-corrected chi connectivity index (χ2v) is 6.99. The predicted octanol–water partition coefficient (Wildman–Crippen LogP) is 5.86. The molecule has 1 atom stereocenters. The van der Waals surface area contributed by atoms with Gasteiger partial charge in [0.1, 0.15) is 0 Å². The van der Waals surface area contributed by atoms with Crippen molar-refractivity contribution >= 4 is 25.7 Å². The van der Waals surface area contributed by atoms with Gasteiger partial charge >= 0.3 is 0 Å². The summed E-state index contributed by atoms with van der Waals surface area (Å²) in [5.74, 6) is 0. The molecule has 5 heteroatoms. The van der Waals surface area contributed by atoms with Crippen molar-refractivity contribution in [1.29, 1.82) is 0 Å². The van der Waals surface area contributed by atoms with Crippen molar-refractivity contribution in [2.24, 2.45) is 0 Å². The number of nitrogens with one attached hydrogen (secondary N) is 1. The van der Waals surface area contributed by atoms with E-state index < -0.39 is 8.38 Å². The molecule has 23 heavy (non-hydrogen) atoms. The molecule has 0 fully saturated rings. The molecule has 0 spiro atoms. The molecule has 2 aromatic rings. The lowest BCUT2D eigenvalue weighted by molar-refractivity contribution is 0.265. The van der Waals surface area contributed by atoms with Gasteiger partial charge in [-0.3, -0.25) is 0 Å². The third-order valence-corrected chi connectivity index (χ3v) is 5.72. The Morgan fingerprint density at radius 1 is 0.913 bits per heavy atom. The van der Waals surface area contributed by atoms with Crippen LogP contribution in [0.4, 0.5) is 5.69 Å². The Hall–Kier alpha value is -1.12. The van der Waals surface area contributed by atoms with Crippen molar-refractivity contribution in [3.63, 3.8) is 0 Å². The molecule has 124 valence electrons. The summed E-state index contributed by atoms with van der Waals surface area (Å²) in [6.07, 6.45) is 0. The van der Waals surface area contributed by atoms with Gasteiger partial charge in [0.15, 0.2) is 8.38 Å². The summed E-state index contributed by atoms with van der Waals surface area (Å²) in [6, 6.07) is 16.3. The molecule has 0 aromatic heterocycles. The van der Waals surface area contributed by atoms with E-state index in [9.17, 15) is 0 Å². The Morgan fingerprint density at radius 3 is 1.83 bits per heavy atom. The average molecular weight is 352 g/mol. The van der Waals surface area contributed by atoms with E-state index in [1.807, 2.05) is 45.2 Å². The van der Waals surface area contributed by atoms with Crippen LogP contribution in [0.5, 0.6) is 0 Å². The lowest BCUT2D eigenvalue weighted by atomic mass is 10.0. The highest BCUT2D eigenvalue weighted by molar-refractivity contribution is 7.48. The first-order valence-corrected chi connectivity index (χ1v) is 9.40. The van der Waals surface area contributed by atoms with E-state index in [2.05, 4.69) is 29.6 Å². The topological polar surface area (TPSA) is 30.5 Å². The highest BCUT2D eigenvalue weighted by atomic mass is 35.5. The normalized spacial score (nSPS) is 12.4. The van der Waals surface area contributed by atoms with E-state index in [-0.39, 0.29) is 5.66 Å². The maximum Gasteiger partial charge on any atom is 0.183 e. The van der Waals surface area contributed by atoms with E-state index in [0.717, 1.165) is 16.3 Å². The van der Waals surface area contributed by atoms with E-state index in [1.54, 1.807) is 0 Å². The lowest BCUT2D eigenvalue weighted by Gasteiger charge is -2.26. The molecule has 2 aromatic carbocycles. The third-order valence-electron chi connectivity index (χ3n) is 3.42. The summed E-state index contributed by atoms with van der Waals surface area (Å²) in [5, 5.41) is 3.88. The monoisotopic (exact) mass is 351 g/mol. The Morgan fingerprint density at radius 2 is 1.39 bits per heavy atom. The molecule has 1 N–H and O–H groups in total. The van der Waals surface area contributed by atoms with Crippen molar-refractivity contribution < 1.29 is 9.05 Å². The van der Waals surface area contributed by atoms with Crippen LogP contribution in [0.25, 0.3) is 0 Å². The van der Waals surface area contributed by atoms with Gasteiger partial charge in [-0.2, -0.15) is 0 Å². The van der Waals surface area contributed by atoms with Crippen LogP contribution in [-0.2, 0) is 9.05 Å². The van der Waals surface area contributed by atoms with Crippen molar-refractivity contribution in [3.05, 3.63) is 64.7 Å². The first-order chi connectivity index (χ1) is 11.2. The van der Waals surface area contributed by atoms with Gasteiger partial charge in [-0.15, -0.1) is 0 Å². The van der Waals surface area contributed by atoms with Crippen LogP contribution in [-0.4, -0.2) is 20.3 Å². The fourth-order valence-corrected chi connectivity index (χ4v) is 4.19. The molecule has 0 aliphatic heterocycles. The van der Waals surface area contributed by atoms with Gasteiger partial charge in [-0.1, -0.05) is 35.9 Å². The van der Waals surface area contributed by atoms with Crippen molar-refractivity contribution in [2.45, 2.75) is 19.5 Å². The van der Waals surface area contributed by atoms with Crippen molar-refractivity contribution in [3.8, 4) is 0 Å². The van der Waals surface area contributed by atoms with Gasteiger partial charge in [-0.05, 0) is 49.2 Å². The average Bonchev–Trinajstić information content (AvgIpc) is 2.58. The van der Waals surface area contributed by atoms with Crippen LogP contribution in [0.1, 0.15) is 30.6 Å². The van der Waals surface area contributed by atoms with E-state index >= 15 is 0 Å². The molecule has 0 heterocycles. The Kier molecular flexibility index (Phi) is 7.32. The minimum atomic E-state index is -1.06. The summed E-state index contributed by atoms with van der Waals surface area (Å²) in [7, 11) is 0.852. The maximum atomic E-state index is 6.04. The Balaban J connectivity index is 2.41. The van der Waals surface area contributed by atoms with E-state index in [0.29, 0.717) is 13.2 Å². The summed E-state index contributed by atoms with van der Waals surface area (Å²) < 4.78 is 11.9. The second kappa shape index (κ2) is 9.24. The van der Waals surface area contributed by atoms with Crippen LogP contribution in [0.15, 0.2) is 48.5 Å². The molecule has 0 amide bonds. The van der Waals surface area contributed by atoms with Crippen molar-refractivity contribution in [2.75, 3.05) is 25.6 Å². The van der Waals surface area contributed by atoms with Gasteiger partial charge < -0.3 is 14.4 Å². The molecule has 0 radical (unpaired) electrons. The SMILES string of the molecule is CCOP(OCC)C(c1ccc(Cl)cc1)c1ccc(NC)cc1. The fraction of sp³-hybridized carbons (Fsp3) is 0.333. The Bertz CT molecular complexity index is 583. The van der Waals surface area contributed by atoms with Gasteiger partial charge in [0.2, 0.25) is 0 Å². The highest BCUT2D eigenvalue weighted by Crippen LogP contribution is 2.56. The zero-order chi connectivity index (χ0) is 16.7. The molecule has 3 nitrogen and oxygen atoms in total. The van der Waals surface area contributed by atoms with Gasteiger partial charge in [0, 0.05) is 17.8 Å². The number of halogens is 1. The molecule has 0 bridgehead atoms. The van der Waals surface area contributed by atoms with Gasteiger partial charge in [-0.25, -0.2) is 0 Å². The molecule has 1 unspecified atom stereocenters. The van der Waals surface area contributed by atoms with Crippen LogP contribution >= 0.6 is 20.0 Å². The number of hydrogen-bond donors (Lipinski definition) is 1. The first kappa shape index (κ1) is 18.2. The molecule has 2 rings (SSSR count). The summed E-state index contributed by atoms with van der Waals surface area (Å²) >= 11 is 6.04. The quantitative estimate of drug-likeness (QED) is 0.604. The van der Waals surface area contributed by atoms with E-state index in [1.165, 1.54) is 5.56 Å². The summed E-state index contributed by atoms with van der Waals surface area (Å²) in [4.78, 5) is 0. The zero-order valence-electron chi connectivity index (χ0n) is 13.8. The molecule has 0 aliphatic rings. The third kappa shape index (κ3) is 4.92. The van der Waals surface area contributed by atoms with Crippen LogP contribution in [0, 0.1) is 0 Å². The summed E-state index contributed by atoms with van der Waals surface area (Å²) in [5.41, 5.74) is 3.48. The predicted molar refractivity (Wildman–Crippen MR) is 99.5 cm³/mol. The molecular weight excluding hydrogens is 329 g/mol. The van der Waals surface area contributed by atoms with Crippen LogP contribution in [0.3, 0.4) is 0 Å². The van der Waals surface area contributed by atoms with E-state index in [4.69, 9.17) is 20.6 Å². The number of hydrogen-bond acceptors (Lipinski definition) is 3. The first-order valence-electron chi connectivity index (χ1n) is 7.77. The minimum absolute atomic E-state index is 0.0630. The second-order valence-electron chi connectivity index (χ2n) is 4.95. The smallest absolute Gasteiger partial charge is 0.183 e. The van der Waals surface area contributed by atoms with Gasteiger partial charge in [0.05, 0.1) is 18.9 Å². The van der Waals surface area contributed by atoms with Crippen LogP contribution in [0.2, 0.25) is 5.02 Å². The highest BCUT2D eigenvalue weighted by Gasteiger charge is 2.27. The molecule has 0 saturated heterocycles. The molecular formula is C18H23ClNO2P. The van der Waals surface area contributed by atoms with Gasteiger partial charge in [0.25, 0.3) is 0 Å². The number of rotatable bonds is 8. The number of benzene rings is 2. The fourth-order valence-electron chi connectivity index (χ4n) is 2.35.